The van der Waals surface area contributed by atoms with Crippen LogP contribution in [-0.2, 0) is 16.6 Å². The molecule has 204 valence electrons. The molecule has 3 atom stereocenters. The summed E-state index contributed by atoms with van der Waals surface area (Å²) in [5.41, 5.74) is 4.00. The molecule has 6 nitrogen and oxygen atoms in total. The zero-order chi connectivity index (χ0) is 28.7. The number of anilines is 1. The fraction of sp³-hybridized carbons (Fsp3) is 0.281. The minimum absolute atomic E-state index is 0.224. The van der Waals surface area contributed by atoms with Gasteiger partial charge in [-0.2, -0.15) is 5.10 Å². The maximum atomic E-state index is 14.4. The van der Waals surface area contributed by atoms with E-state index in [4.69, 9.17) is 16.7 Å². The average molecular weight is 572 g/mol. The van der Waals surface area contributed by atoms with Crippen molar-refractivity contribution in [3.8, 4) is 16.3 Å². The molecule has 1 saturated heterocycles. The first-order valence-electron chi connectivity index (χ1n) is 13.2. The molecule has 0 radical (unpaired) electrons. The van der Waals surface area contributed by atoms with Crippen molar-refractivity contribution in [2.75, 3.05) is 4.90 Å². The summed E-state index contributed by atoms with van der Waals surface area (Å²) < 4.78 is 2.72. The standard InChI is InChI=1S/C32H30ClN3O3S/c1-7-19-8-10-23-30(38)36(31(39)32(23,5)27(19)20-12-16(2)28(37)17(3)13-20)26-15-24(34-35(26)6)29-18(4)22-14-21(33)9-11-25(22)40-29/h7-9,11-15,23,27,37H,1,10H2,2-6H3/t23-,27+,32+/m0/s1. The lowest BCUT2D eigenvalue weighted by atomic mass is 9.60. The van der Waals surface area contributed by atoms with Gasteiger partial charge >= 0.3 is 0 Å². The smallest absolute Gasteiger partial charge is 0.242 e. The lowest BCUT2D eigenvalue weighted by Gasteiger charge is -2.40. The third kappa shape index (κ3) is 3.64. The number of amides is 2. The van der Waals surface area contributed by atoms with Gasteiger partial charge in [0.25, 0.3) is 0 Å². The number of aromatic hydroxyl groups is 1. The fourth-order valence-corrected chi connectivity index (χ4v) is 7.94. The molecule has 0 saturated carbocycles. The van der Waals surface area contributed by atoms with E-state index in [2.05, 4.69) is 6.58 Å². The van der Waals surface area contributed by atoms with Gasteiger partial charge in [-0.25, -0.2) is 4.90 Å². The van der Waals surface area contributed by atoms with E-state index in [0.29, 0.717) is 23.0 Å². The van der Waals surface area contributed by atoms with Crippen LogP contribution in [0.1, 0.15) is 41.5 Å². The minimum Gasteiger partial charge on any atom is -0.507 e. The minimum atomic E-state index is -1.03. The number of aryl methyl sites for hydroxylation is 4. The van der Waals surface area contributed by atoms with Gasteiger partial charge in [0.1, 0.15) is 17.3 Å². The molecule has 1 N–H and O–H groups in total. The Labute approximate surface area is 242 Å². The molecule has 2 aromatic carbocycles. The van der Waals surface area contributed by atoms with E-state index < -0.39 is 11.3 Å². The van der Waals surface area contributed by atoms with E-state index in [1.165, 1.54) is 4.90 Å². The fourth-order valence-electron chi connectivity index (χ4n) is 6.62. The molecule has 2 aromatic heterocycles. The van der Waals surface area contributed by atoms with E-state index in [-0.39, 0.29) is 23.5 Å². The van der Waals surface area contributed by atoms with Gasteiger partial charge in [-0.05, 0) is 85.5 Å². The molecule has 8 heteroatoms. The van der Waals surface area contributed by atoms with Gasteiger partial charge in [-0.3, -0.25) is 14.3 Å². The SMILES string of the molecule is C=CC1=CC[C@H]2C(=O)N(c3cc(-c4sc5ccc(Cl)cc5c4C)nn3C)C(=O)[C@@]2(C)[C@H]1c1cc(C)c(O)c(C)c1. The molecular weight excluding hydrogens is 542 g/mol. The predicted molar refractivity (Wildman–Crippen MR) is 161 cm³/mol. The third-order valence-corrected chi connectivity index (χ3v) is 10.3. The maximum absolute atomic E-state index is 14.4. The summed E-state index contributed by atoms with van der Waals surface area (Å²) in [4.78, 5) is 30.8. The summed E-state index contributed by atoms with van der Waals surface area (Å²) >= 11 is 7.86. The second kappa shape index (κ2) is 9.18. The predicted octanol–water partition coefficient (Wildman–Crippen LogP) is 7.38. The van der Waals surface area contributed by atoms with Crippen LogP contribution in [0.15, 0.2) is 60.7 Å². The van der Waals surface area contributed by atoms with Gasteiger partial charge in [0, 0.05) is 28.8 Å². The number of hydrogen-bond donors (Lipinski definition) is 1. The van der Waals surface area contributed by atoms with E-state index in [1.807, 2.05) is 70.2 Å². The molecule has 4 aromatic rings. The molecule has 0 bridgehead atoms. The second-order valence-corrected chi connectivity index (χ2v) is 12.6. The number of allylic oxidation sites excluding steroid dienone is 3. The number of carbonyl (C=O) groups excluding carboxylic acids is 2. The molecule has 2 aliphatic rings. The topological polar surface area (TPSA) is 75.4 Å². The van der Waals surface area contributed by atoms with Crippen molar-refractivity contribution in [1.82, 2.24) is 9.78 Å². The summed E-state index contributed by atoms with van der Waals surface area (Å²) in [5.74, 6) is -0.703. The zero-order valence-electron chi connectivity index (χ0n) is 23.1. The zero-order valence-corrected chi connectivity index (χ0v) is 24.7. The third-order valence-electron chi connectivity index (χ3n) is 8.73. The number of rotatable bonds is 4. The normalized spacial score (nSPS) is 22.6. The lowest BCUT2D eigenvalue weighted by molar-refractivity contribution is -0.127. The van der Waals surface area contributed by atoms with Crippen molar-refractivity contribution in [2.24, 2.45) is 18.4 Å². The average Bonchev–Trinajstić information content (AvgIpc) is 3.51. The number of carbonyl (C=O) groups is 2. The highest BCUT2D eigenvalue weighted by Crippen LogP contribution is 2.57. The summed E-state index contributed by atoms with van der Waals surface area (Å²) in [7, 11) is 1.76. The molecule has 0 spiro atoms. The molecule has 1 fully saturated rings. The highest BCUT2D eigenvalue weighted by molar-refractivity contribution is 7.22. The summed E-state index contributed by atoms with van der Waals surface area (Å²) in [6.07, 6.45) is 4.26. The Hall–Kier alpha value is -3.68. The first kappa shape index (κ1) is 26.5. The Morgan fingerprint density at radius 1 is 1.15 bits per heavy atom. The Morgan fingerprint density at radius 3 is 2.52 bits per heavy atom. The highest BCUT2D eigenvalue weighted by atomic mass is 35.5. The van der Waals surface area contributed by atoms with Gasteiger partial charge < -0.3 is 5.11 Å². The van der Waals surface area contributed by atoms with Crippen LogP contribution in [0.25, 0.3) is 20.7 Å². The molecule has 1 aliphatic heterocycles. The lowest BCUT2D eigenvalue weighted by Crippen LogP contribution is -2.42. The number of hydrogen-bond acceptors (Lipinski definition) is 5. The van der Waals surface area contributed by atoms with Crippen LogP contribution in [0.3, 0.4) is 0 Å². The number of fused-ring (bicyclic) bond motifs is 2. The number of imide groups is 1. The number of thiophene rings is 1. The highest BCUT2D eigenvalue weighted by Gasteiger charge is 2.62. The number of phenolic OH excluding ortho intramolecular Hbond substituents is 1. The molecule has 6 rings (SSSR count). The number of halogens is 1. The van der Waals surface area contributed by atoms with Crippen molar-refractivity contribution < 1.29 is 14.7 Å². The van der Waals surface area contributed by atoms with Gasteiger partial charge in [-0.15, -0.1) is 11.3 Å². The van der Waals surface area contributed by atoms with Crippen LogP contribution in [0.2, 0.25) is 5.02 Å². The number of nitrogens with zero attached hydrogens (tertiary/aromatic N) is 3. The summed E-state index contributed by atoms with van der Waals surface area (Å²) in [6, 6.07) is 11.5. The van der Waals surface area contributed by atoms with E-state index >= 15 is 0 Å². The molecular formula is C32H30ClN3O3S. The number of phenols is 1. The van der Waals surface area contributed by atoms with Crippen LogP contribution >= 0.6 is 22.9 Å². The van der Waals surface area contributed by atoms with Gasteiger partial charge in [-0.1, -0.05) is 42.5 Å². The van der Waals surface area contributed by atoms with Gasteiger partial charge in [0.05, 0.1) is 16.2 Å². The quantitative estimate of drug-likeness (QED) is 0.259. The van der Waals surface area contributed by atoms with E-state index in [0.717, 1.165) is 42.8 Å². The summed E-state index contributed by atoms with van der Waals surface area (Å²) in [6.45, 7) is 11.7. The van der Waals surface area contributed by atoms with Crippen molar-refractivity contribution in [2.45, 2.75) is 40.0 Å². The largest absolute Gasteiger partial charge is 0.507 e. The van der Waals surface area contributed by atoms with Crippen molar-refractivity contribution in [3.63, 3.8) is 0 Å². The second-order valence-electron chi connectivity index (χ2n) is 11.1. The Balaban J connectivity index is 1.46. The van der Waals surface area contributed by atoms with Crippen molar-refractivity contribution in [3.05, 3.63) is 88.0 Å². The molecule has 2 amide bonds. The van der Waals surface area contributed by atoms with Crippen LogP contribution in [0, 0.1) is 32.1 Å². The Kier molecular flexibility index (Phi) is 6.09. The monoisotopic (exact) mass is 571 g/mol. The Morgan fingerprint density at radius 2 is 1.85 bits per heavy atom. The van der Waals surface area contributed by atoms with Gasteiger partial charge in [0.15, 0.2) is 0 Å². The molecule has 0 unspecified atom stereocenters. The first-order valence-corrected chi connectivity index (χ1v) is 14.4. The van der Waals surface area contributed by atoms with Crippen LogP contribution < -0.4 is 4.90 Å². The van der Waals surface area contributed by atoms with Crippen molar-refractivity contribution in [1.29, 1.82) is 0 Å². The van der Waals surface area contributed by atoms with Crippen LogP contribution in [-0.4, -0.2) is 26.7 Å². The van der Waals surface area contributed by atoms with E-state index in [9.17, 15) is 14.7 Å². The molecule has 40 heavy (non-hydrogen) atoms. The number of aromatic nitrogens is 2. The van der Waals surface area contributed by atoms with E-state index in [1.54, 1.807) is 29.1 Å². The van der Waals surface area contributed by atoms with Crippen molar-refractivity contribution >= 4 is 50.7 Å². The van der Waals surface area contributed by atoms with Crippen LogP contribution in [0.5, 0.6) is 5.75 Å². The molecule has 3 heterocycles. The Bertz CT molecular complexity index is 1780. The summed E-state index contributed by atoms with van der Waals surface area (Å²) in [5, 5.41) is 16.9. The molecule has 1 aliphatic carbocycles. The maximum Gasteiger partial charge on any atom is 0.242 e. The van der Waals surface area contributed by atoms with Crippen LogP contribution in [0.4, 0.5) is 5.82 Å². The van der Waals surface area contributed by atoms with Gasteiger partial charge in [0.2, 0.25) is 11.8 Å². The number of benzene rings is 2. The first-order chi connectivity index (χ1) is 19.0.